The zero-order chi connectivity index (χ0) is 38.2. The second-order valence-corrected chi connectivity index (χ2v) is 15.5. The fourth-order valence-corrected chi connectivity index (χ4v) is 9.89. The van der Waals surface area contributed by atoms with Gasteiger partial charge in [-0.25, -0.2) is 0 Å². The van der Waals surface area contributed by atoms with Crippen molar-refractivity contribution in [3.63, 3.8) is 0 Å². The molecule has 0 bridgehead atoms. The first-order valence-electron chi connectivity index (χ1n) is 20.1. The van der Waals surface area contributed by atoms with E-state index in [1.165, 1.54) is 61.2 Å². The predicted molar refractivity (Wildman–Crippen MR) is 236 cm³/mol. The van der Waals surface area contributed by atoms with Crippen molar-refractivity contribution >= 4 is 22.6 Å². The topological polar surface area (TPSA) is 21.7 Å². The standard InChI is InChI=1S/C55H37NO2/c1-3-13-36(14-4-1)38-23-27-40(28-24-38)56(41-29-25-39(26-30-41)37-15-5-2-6-16-37)42-31-33-50-52(35-42)57-51-34-32-49-53(54(51)58-50)45-19-9-12-22-48(45)55(49)46-20-10-7-17-43(46)44-18-8-11-21-47(44)55/h1-5,7-15,17-35H,6,16H2. The first-order chi connectivity index (χ1) is 28.8. The highest BCUT2D eigenvalue weighted by molar-refractivity contribution is 5.98. The maximum atomic E-state index is 6.99. The Kier molecular flexibility index (Phi) is 7.27. The minimum absolute atomic E-state index is 0.446. The van der Waals surface area contributed by atoms with Gasteiger partial charge < -0.3 is 14.4 Å². The fraction of sp³-hybridized carbons (Fsp3) is 0.0545. The third-order valence-corrected chi connectivity index (χ3v) is 12.4. The molecule has 0 aromatic heterocycles. The third kappa shape index (κ3) is 4.80. The highest BCUT2D eigenvalue weighted by Crippen LogP contribution is 2.66. The summed E-state index contributed by atoms with van der Waals surface area (Å²) < 4.78 is 13.9. The molecular formula is C55H37NO2. The largest absolute Gasteiger partial charge is 0.449 e. The highest BCUT2D eigenvalue weighted by Gasteiger charge is 2.53. The minimum Gasteiger partial charge on any atom is -0.449 e. The van der Waals surface area contributed by atoms with Gasteiger partial charge in [-0.3, -0.25) is 0 Å². The minimum atomic E-state index is -0.446. The summed E-state index contributed by atoms with van der Waals surface area (Å²) in [5.41, 5.74) is 17.6. The quantitative estimate of drug-likeness (QED) is 0.175. The number of anilines is 3. The molecule has 8 aromatic rings. The summed E-state index contributed by atoms with van der Waals surface area (Å²) in [6.07, 6.45) is 8.76. The first kappa shape index (κ1) is 32.8. The maximum Gasteiger partial charge on any atom is 0.178 e. The Balaban J connectivity index is 0.960. The van der Waals surface area contributed by atoms with Crippen LogP contribution in [-0.2, 0) is 5.41 Å². The van der Waals surface area contributed by atoms with Crippen LogP contribution >= 0.6 is 0 Å². The molecule has 3 heteroatoms. The van der Waals surface area contributed by atoms with Gasteiger partial charge >= 0.3 is 0 Å². The molecule has 8 aromatic carbocycles. The SMILES string of the molecule is C1=CCCC(c2ccc(N(c3ccc(-c4ccccc4)cc3)c3ccc4c(c3)Oc3ccc5c(c3O4)-c3ccccc3C53c4ccccc4-c4ccccc43)cc2)=C1. The van der Waals surface area contributed by atoms with E-state index >= 15 is 0 Å². The van der Waals surface area contributed by atoms with Gasteiger partial charge in [0.15, 0.2) is 23.0 Å². The number of rotatable bonds is 5. The number of allylic oxidation sites excluding steroid dienone is 4. The van der Waals surface area contributed by atoms with E-state index in [4.69, 9.17) is 9.47 Å². The van der Waals surface area contributed by atoms with Crippen molar-refractivity contribution in [2.45, 2.75) is 18.3 Å². The average Bonchev–Trinajstić information content (AvgIpc) is 3.77. The molecule has 3 nitrogen and oxygen atoms in total. The number of ether oxygens (including phenoxy) is 2. The Morgan fingerprint density at radius 3 is 1.67 bits per heavy atom. The zero-order valence-electron chi connectivity index (χ0n) is 31.7. The van der Waals surface area contributed by atoms with Crippen molar-refractivity contribution in [1.29, 1.82) is 0 Å². The van der Waals surface area contributed by atoms with Gasteiger partial charge in [-0.2, -0.15) is 0 Å². The lowest BCUT2D eigenvalue weighted by Crippen LogP contribution is -2.25. The summed E-state index contributed by atoms with van der Waals surface area (Å²) in [6, 6.07) is 65.5. The molecule has 58 heavy (non-hydrogen) atoms. The number of nitrogens with zero attached hydrogens (tertiary/aromatic N) is 1. The molecule has 274 valence electrons. The first-order valence-corrected chi connectivity index (χ1v) is 20.1. The monoisotopic (exact) mass is 743 g/mol. The van der Waals surface area contributed by atoms with Crippen LogP contribution in [0.3, 0.4) is 0 Å². The van der Waals surface area contributed by atoms with E-state index in [9.17, 15) is 0 Å². The van der Waals surface area contributed by atoms with Crippen LogP contribution in [0.5, 0.6) is 23.0 Å². The summed E-state index contributed by atoms with van der Waals surface area (Å²) in [4.78, 5) is 2.30. The van der Waals surface area contributed by atoms with Crippen molar-refractivity contribution in [3.8, 4) is 56.4 Å². The Labute approximate surface area is 338 Å². The van der Waals surface area contributed by atoms with Crippen LogP contribution in [0.1, 0.15) is 40.7 Å². The molecule has 0 N–H and O–H groups in total. The Bertz CT molecular complexity index is 2950. The van der Waals surface area contributed by atoms with Gasteiger partial charge in [0.2, 0.25) is 0 Å². The summed E-state index contributed by atoms with van der Waals surface area (Å²) in [5, 5.41) is 0. The van der Waals surface area contributed by atoms with Gasteiger partial charge in [0.1, 0.15) is 0 Å². The van der Waals surface area contributed by atoms with Crippen LogP contribution in [0.15, 0.2) is 200 Å². The molecule has 0 radical (unpaired) electrons. The van der Waals surface area contributed by atoms with Crippen LogP contribution in [-0.4, -0.2) is 0 Å². The van der Waals surface area contributed by atoms with Crippen molar-refractivity contribution in [1.82, 2.24) is 0 Å². The summed E-state index contributed by atoms with van der Waals surface area (Å²) in [6.45, 7) is 0. The second kappa shape index (κ2) is 12.8. The molecule has 1 aliphatic heterocycles. The van der Waals surface area contributed by atoms with E-state index in [1.54, 1.807) is 0 Å². The molecule has 1 spiro atoms. The number of hydrogen-bond acceptors (Lipinski definition) is 3. The Hall–Kier alpha value is -7.36. The van der Waals surface area contributed by atoms with E-state index in [2.05, 4.69) is 205 Å². The molecule has 12 rings (SSSR count). The van der Waals surface area contributed by atoms with Crippen molar-refractivity contribution in [2.75, 3.05) is 4.90 Å². The zero-order valence-corrected chi connectivity index (χ0v) is 31.7. The lowest BCUT2D eigenvalue weighted by atomic mass is 9.70. The van der Waals surface area contributed by atoms with Gasteiger partial charge in [-0.15, -0.1) is 0 Å². The lowest BCUT2D eigenvalue weighted by molar-refractivity contribution is 0.360. The van der Waals surface area contributed by atoms with Crippen LogP contribution in [0.2, 0.25) is 0 Å². The molecule has 0 fully saturated rings. The van der Waals surface area contributed by atoms with E-state index in [0.717, 1.165) is 41.2 Å². The van der Waals surface area contributed by atoms with E-state index in [-0.39, 0.29) is 0 Å². The molecular weight excluding hydrogens is 707 g/mol. The molecule has 4 aliphatic rings. The second-order valence-electron chi connectivity index (χ2n) is 15.5. The molecule has 1 heterocycles. The van der Waals surface area contributed by atoms with Gasteiger partial charge in [0, 0.05) is 23.0 Å². The molecule has 0 atom stereocenters. The van der Waals surface area contributed by atoms with Crippen LogP contribution in [0, 0.1) is 0 Å². The number of fused-ring (bicyclic) bond motifs is 13. The highest BCUT2D eigenvalue weighted by atomic mass is 16.6. The molecule has 0 unspecified atom stereocenters. The summed E-state index contributed by atoms with van der Waals surface area (Å²) >= 11 is 0. The Morgan fingerprint density at radius 1 is 0.431 bits per heavy atom. The third-order valence-electron chi connectivity index (χ3n) is 12.4. The fourth-order valence-electron chi connectivity index (χ4n) is 9.89. The molecule has 0 saturated heterocycles. The predicted octanol–water partition coefficient (Wildman–Crippen LogP) is 14.8. The van der Waals surface area contributed by atoms with Gasteiger partial charge in [-0.05, 0) is 117 Å². The van der Waals surface area contributed by atoms with Crippen molar-refractivity contribution < 1.29 is 9.47 Å². The van der Waals surface area contributed by atoms with Crippen LogP contribution in [0.4, 0.5) is 17.1 Å². The van der Waals surface area contributed by atoms with Crippen LogP contribution < -0.4 is 14.4 Å². The average molecular weight is 744 g/mol. The van der Waals surface area contributed by atoms with Crippen LogP contribution in [0.25, 0.3) is 39.0 Å². The lowest BCUT2D eigenvalue weighted by Gasteiger charge is -2.31. The normalized spacial score (nSPS) is 14.5. The number of hydrogen-bond donors (Lipinski definition) is 0. The summed E-state index contributed by atoms with van der Waals surface area (Å²) in [7, 11) is 0. The summed E-state index contributed by atoms with van der Waals surface area (Å²) in [5.74, 6) is 2.86. The Morgan fingerprint density at radius 2 is 1.00 bits per heavy atom. The molecule has 0 amide bonds. The smallest absolute Gasteiger partial charge is 0.178 e. The van der Waals surface area contributed by atoms with Crippen molar-refractivity contribution in [3.05, 3.63) is 228 Å². The van der Waals surface area contributed by atoms with Gasteiger partial charge in [-0.1, -0.05) is 152 Å². The molecule has 3 aliphatic carbocycles. The molecule has 0 saturated carbocycles. The van der Waals surface area contributed by atoms with E-state index < -0.39 is 5.41 Å². The van der Waals surface area contributed by atoms with Gasteiger partial charge in [0.25, 0.3) is 0 Å². The van der Waals surface area contributed by atoms with E-state index in [0.29, 0.717) is 17.2 Å². The van der Waals surface area contributed by atoms with Gasteiger partial charge in [0.05, 0.1) is 11.1 Å². The maximum absolute atomic E-state index is 6.99. The van der Waals surface area contributed by atoms with Crippen molar-refractivity contribution in [2.24, 2.45) is 0 Å². The van der Waals surface area contributed by atoms with E-state index in [1.807, 2.05) is 0 Å². The number of benzene rings is 8.